The number of rotatable bonds is 2. The quantitative estimate of drug-likeness (QED) is 0.826. The normalized spacial score (nSPS) is 14.5. The number of anilines is 1. The summed E-state index contributed by atoms with van der Waals surface area (Å²) in [6.45, 7) is 0.666. The lowest BCUT2D eigenvalue weighted by atomic mass is 10.0. The van der Waals surface area contributed by atoms with Crippen molar-refractivity contribution in [3.8, 4) is 0 Å². The van der Waals surface area contributed by atoms with E-state index >= 15 is 0 Å². The molecule has 3 rings (SSSR count). The molecule has 1 aromatic carbocycles. The van der Waals surface area contributed by atoms with E-state index in [4.69, 9.17) is 5.73 Å². The average Bonchev–Trinajstić information content (AvgIpc) is 2.78. The van der Waals surface area contributed by atoms with Crippen molar-refractivity contribution in [2.75, 3.05) is 5.73 Å². The minimum Gasteiger partial charge on any atom is -0.396 e. The lowest BCUT2D eigenvalue weighted by Gasteiger charge is -2.14. The molecule has 0 radical (unpaired) electrons. The van der Waals surface area contributed by atoms with Crippen LogP contribution >= 0.6 is 0 Å². The molecule has 0 bridgehead atoms. The molecule has 2 N–H and O–H groups in total. The lowest BCUT2D eigenvalue weighted by Crippen LogP contribution is -2.09. The van der Waals surface area contributed by atoms with Crippen LogP contribution in [0.1, 0.15) is 29.8 Å². The fourth-order valence-electron chi connectivity index (χ4n) is 2.53. The Bertz CT molecular complexity index is 574. The number of hydrogen-bond acceptors (Lipinski definition) is 2. The first kappa shape index (κ1) is 11.3. The highest BCUT2D eigenvalue weighted by Crippen LogP contribution is 2.21. The average molecular weight is 245 g/mol. The van der Waals surface area contributed by atoms with Gasteiger partial charge >= 0.3 is 0 Å². The Labute approximate surface area is 105 Å². The third kappa shape index (κ3) is 1.98. The fourth-order valence-corrected chi connectivity index (χ4v) is 2.53. The summed E-state index contributed by atoms with van der Waals surface area (Å²) in [5.41, 5.74) is 9.11. The predicted octanol–water partition coefficient (Wildman–Crippen LogP) is 2.53. The molecule has 0 saturated heterocycles. The number of hydrogen-bond donors (Lipinski definition) is 1. The summed E-state index contributed by atoms with van der Waals surface area (Å²) in [5, 5.41) is 0. The van der Waals surface area contributed by atoms with Crippen LogP contribution in [0.2, 0.25) is 0 Å². The number of fused-ring (bicyclic) bond motifs is 1. The third-order valence-corrected chi connectivity index (χ3v) is 3.53. The Hall–Kier alpha value is -1.84. The maximum Gasteiger partial charge on any atom is 0.146 e. The van der Waals surface area contributed by atoms with E-state index in [0.717, 1.165) is 18.4 Å². The van der Waals surface area contributed by atoms with Crippen LogP contribution in [0.4, 0.5) is 10.1 Å². The zero-order valence-electron chi connectivity index (χ0n) is 10.2. The summed E-state index contributed by atoms with van der Waals surface area (Å²) < 4.78 is 15.5. The fraction of sp³-hybridized carbons (Fsp3) is 0.357. The van der Waals surface area contributed by atoms with Gasteiger partial charge in [0.25, 0.3) is 0 Å². The summed E-state index contributed by atoms with van der Waals surface area (Å²) in [4.78, 5) is 4.44. The number of nitrogens with zero attached hydrogens (tertiary/aromatic N) is 2. The van der Waals surface area contributed by atoms with Gasteiger partial charge in [0.1, 0.15) is 5.82 Å². The largest absolute Gasteiger partial charge is 0.396 e. The first-order chi connectivity index (χ1) is 8.74. The van der Waals surface area contributed by atoms with Crippen molar-refractivity contribution in [1.29, 1.82) is 0 Å². The number of nitrogen functional groups attached to an aromatic ring is 1. The van der Waals surface area contributed by atoms with Crippen LogP contribution in [0.5, 0.6) is 0 Å². The molecule has 1 aliphatic rings. The summed E-state index contributed by atoms with van der Waals surface area (Å²) in [5.74, 6) is -0.346. The van der Waals surface area contributed by atoms with Crippen molar-refractivity contribution >= 4 is 5.69 Å². The van der Waals surface area contributed by atoms with Crippen LogP contribution in [-0.4, -0.2) is 9.55 Å². The van der Waals surface area contributed by atoms with E-state index in [1.54, 1.807) is 6.07 Å². The second-order valence-electron chi connectivity index (χ2n) is 4.83. The van der Waals surface area contributed by atoms with Gasteiger partial charge in [-0.1, -0.05) is 6.07 Å². The maximum absolute atomic E-state index is 13.4. The van der Waals surface area contributed by atoms with E-state index in [1.807, 2.05) is 12.4 Å². The number of benzene rings is 1. The summed E-state index contributed by atoms with van der Waals surface area (Å²) in [6, 6.07) is 4.99. The molecule has 2 aromatic rings. The van der Waals surface area contributed by atoms with Crippen LogP contribution in [0.15, 0.2) is 24.5 Å². The number of imidazole rings is 1. The summed E-state index contributed by atoms with van der Waals surface area (Å²) in [6.07, 6.45) is 6.45. The molecule has 3 nitrogen and oxygen atoms in total. The van der Waals surface area contributed by atoms with Gasteiger partial charge in [-0.05, 0) is 43.4 Å². The highest BCUT2D eigenvalue weighted by molar-refractivity contribution is 5.41. The maximum atomic E-state index is 13.4. The van der Waals surface area contributed by atoms with E-state index in [9.17, 15) is 4.39 Å². The second kappa shape index (κ2) is 4.44. The third-order valence-electron chi connectivity index (χ3n) is 3.53. The first-order valence-corrected chi connectivity index (χ1v) is 6.31. The highest BCUT2D eigenvalue weighted by atomic mass is 19.1. The van der Waals surface area contributed by atoms with E-state index < -0.39 is 0 Å². The van der Waals surface area contributed by atoms with E-state index in [1.165, 1.54) is 30.3 Å². The molecule has 0 unspecified atom stereocenters. The Balaban J connectivity index is 1.88. The van der Waals surface area contributed by atoms with Crippen LogP contribution in [0.25, 0.3) is 0 Å². The molecule has 1 aliphatic carbocycles. The molecule has 0 aliphatic heterocycles. The molecule has 4 heteroatoms. The van der Waals surface area contributed by atoms with Gasteiger partial charge in [-0.2, -0.15) is 0 Å². The van der Waals surface area contributed by atoms with Crippen molar-refractivity contribution in [2.45, 2.75) is 32.2 Å². The van der Waals surface area contributed by atoms with Gasteiger partial charge in [0.05, 0.1) is 17.7 Å². The summed E-state index contributed by atoms with van der Waals surface area (Å²) in [7, 11) is 0. The molecule has 18 heavy (non-hydrogen) atoms. The molecule has 1 aromatic heterocycles. The smallest absolute Gasteiger partial charge is 0.146 e. The zero-order chi connectivity index (χ0) is 12.5. The van der Waals surface area contributed by atoms with Crippen molar-refractivity contribution in [3.05, 3.63) is 47.3 Å². The molecule has 0 fully saturated rings. The highest BCUT2D eigenvalue weighted by Gasteiger charge is 2.15. The van der Waals surface area contributed by atoms with E-state index in [0.29, 0.717) is 6.54 Å². The van der Waals surface area contributed by atoms with Crippen LogP contribution in [0, 0.1) is 5.82 Å². The number of nitrogens with two attached hydrogens (primary N) is 1. The topological polar surface area (TPSA) is 43.8 Å². The van der Waals surface area contributed by atoms with E-state index in [-0.39, 0.29) is 11.5 Å². The van der Waals surface area contributed by atoms with Gasteiger partial charge in [0.2, 0.25) is 0 Å². The van der Waals surface area contributed by atoms with Crippen LogP contribution in [-0.2, 0) is 19.4 Å². The van der Waals surface area contributed by atoms with Crippen molar-refractivity contribution in [3.63, 3.8) is 0 Å². The molecular weight excluding hydrogens is 229 g/mol. The van der Waals surface area contributed by atoms with E-state index in [2.05, 4.69) is 9.55 Å². The van der Waals surface area contributed by atoms with Crippen molar-refractivity contribution in [1.82, 2.24) is 9.55 Å². The number of aromatic nitrogens is 2. The summed E-state index contributed by atoms with van der Waals surface area (Å²) >= 11 is 0. The standard InChI is InChI=1S/C14H16FN3/c15-11-7-10(5-6-12(11)16)8-18-9-17-13-3-1-2-4-14(13)18/h5-7,9H,1-4,8,16H2. The molecule has 0 spiro atoms. The minimum atomic E-state index is -0.346. The van der Waals surface area contributed by atoms with Crippen LogP contribution < -0.4 is 5.73 Å². The molecule has 0 atom stereocenters. The molecule has 0 amide bonds. The van der Waals surface area contributed by atoms with Gasteiger partial charge in [0.15, 0.2) is 0 Å². The zero-order valence-corrected chi connectivity index (χ0v) is 10.2. The molecule has 94 valence electrons. The second-order valence-corrected chi connectivity index (χ2v) is 4.83. The monoisotopic (exact) mass is 245 g/mol. The molecular formula is C14H16FN3. The van der Waals surface area contributed by atoms with Crippen LogP contribution in [0.3, 0.4) is 0 Å². The Morgan fingerprint density at radius 2 is 2.11 bits per heavy atom. The SMILES string of the molecule is Nc1ccc(Cn2cnc3c2CCCC3)cc1F. The number of aryl methyl sites for hydroxylation is 1. The Morgan fingerprint density at radius 3 is 2.94 bits per heavy atom. The van der Waals surface area contributed by atoms with Gasteiger partial charge in [-0.15, -0.1) is 0 Å². The van der Waals surface area contributed by atoms with Gasteiger partial charge < -0.3 is 10.3 Å². The van der Waals surface area contributed by atoms with Crippen molar-refractivity contribution in [2.24, 2.45) is 0 Å². The van der Waals surface area contributed by atoms with Gasteiger partial charge in [-0.25, -0.2) is 9.37 Å². The minimum absolute atomic E-state index is 0.200. The van der Waals surface area contributed by atoms with Gasteiger partial charge in [-0.3, -0.25) is 0 Å². The Morgan fingerprint density at radius 1 is 1.28 bits per heavy atom. The van der Waals surface area contributed by atoms with Crippen molar-refractivity contribution < 1.29 is 4.39 Å². The lowest BCUT2D eigenvalue weighted by molar-refractivity contribution is 0.617. The molecule has 1 heterocycles. The number of halogens is 1. The van der Waals surface area contributed by atoms with Gasteiger partial charge in [0, 0.05) is 12.2 Å². The predicted molar refractivity (Wildman–Crippen MR) is 68.8 cm³/mol. The molecule has 0 saturated carbocycles. The Kier molecular flexibility index (Phi) is 2.78. The first-order valence-electron chi connectivity index (χ1n) is 6.31.